The van der Waals surface area contributed by atoms with Gasteiger partial charge in [-0.3, -0.25) is 9.48 Å². The molecule has 0 fully saturated rings. The van der Waals surface area contributed by atoms with Gasteiger partial charge in [0.05, 0.1) is 6.61 Å². The number of hydrogen-bond donors (Lipinski definition) is 1. The Morgan fingerprint density at radius 3 is 2.41 bits per heavy atom. The maximum absolute atomic E-state index is 12.8. The van der Waals surface area contributed by atoms with E-state index in [2.05, 4.69) is 24.3 Å². The molecule has 1 amide bonds. The van der Waals surface area contributed by atoms with E-state index >= 15 is 0 Å². The van der Waals surface area contributed by atoms with Gasteiger partial charge >= 0.3 is 0 Å². The van der Waals surface area contributed by atoms with Crippen LogP contribution in [0.4, 0.5) is 5.82 Å². The number of aromatic nitrogens is 2. The fraction of sp³-hybridized carbons (Fsp3) is 0.333. The molecule has 0 bridgehead atoms. The molecular weight excluding hydrogens is 426 g/mol. The minimum atomic E-state index is -0.304. The van der Waals surface area contributed by atoms with Gasteiger partial charge < -0.3 is 19.5 Å². The summed E-state index contributed by atoms with van der Waals surface area (Å²) in [4.78, 5) is 14.0. The standard InChI is InChI=1S/C24H29N3O4S/c1-16(2)32-22-8-6-19(7-9-22)31-21-13-18(12-20(14-21)30-17(3)15-29-5)24(28)25-23-10-11-27(4)26-23/h6-14,16-17H,15H2,1-5H3,(H,25,26,28). The fourth-order valence-corrected chi connectivity index (χ4v) is 3.83. The third kappa shape index (κ3) is 7.03. The van der Waals surface area contributed by atoms with E-state index in [1.807, 2.05) is 31.2 Å². The zero-order valence-electron chi connectivity index (χ0n) is 19.0. The van der Waals surface area contributed by atoms with Crippen molar-refractivity contribution in [3.63, 3.8) is 0 Å². The van der Waals surface area contributed by atoms with Crippen molar-refractivity contribution >= 4 is 23.5 Å². The summed E-state index contributed by atoms with van der Waals surface area (Å²) >= 11 is 1.79. The molecule has 1 N–H and O–H groups in total. The Bertz CT molecular complexity index is 1030. The number of benzene rings is 2. The molecule has 32 heavy (non-hydrogen) atoms. The number of carbonyl (C=O) groups excluding carboxylic acids is 1. The lowest BCUT2D eigenvalue weighted by Gasteiger charge is -2.16. The number of hydrogen-bond acceptors (Lipinski definition) is 6. The number of carbonyl (C=O) groups is 1. The van der Waals surface area contributed by atoms with Gasteiger partial charge in [-0.15, -0.1) is 11.8 Å². The van der Waals surface area contributed by atoms with Crippen LogP contribution in [0, 0.1) is 0 Å². The first-order valence-corrected chi connectivity index (χ1v) is 11.3. The predicted octanol–water partition coefficient (Wildman–Crippen LogP) is 5.38. The van der Waals surface area contributed by atoms with Crippen LogP contribution in [-0.2, 0) is 11.8 Å². The number of rotatable bonds is 10. The molecule has 3 aromatic rings. The van der Waals surface area contributed by atoms with Crippen LogP contribution in [-0.4, -0.2) is 40.8 Å². The number of aryl methyl sites for hydroxylation is 1. The highest BCUT2D eigenvalue weighted by Gasteiger charge is 2.14. The number of anilines is 1. The average Bonchev–Trinajstić information content (AvgIpc) is 3.13. The summed E-state index contributed by atoms with van der Waals surface area (Å²) in [6.07, 6.45) is 1.58. The second-order valence-electron chi connectivity index (χ2n) is 7.65. The lowest BCUT2D eigenvalue weighted by atomic mass is 10.2. The van der Waals surface area contributed by atoms with E-state index < -0.39 is 0 Å². The number of thioether (sulfide) groups is 1. The van der Waals surface area contributed by atoms with Gasteiger partial charge in [0.25, 0.3) is 5.91 Å². The largest absolute Gasteiger partial charge is 0.488 e. The first-order valence-electron chi connectivity index (χ1n) is 10.4. The van der Waals surface area contributed by atoms with Crippen molar-refractivity contribution in [1.29, 1.82) is 0 Å². The highest BCUT2D eigenvalue weighted by molar-refractivity contribution is 7.99. The fourth-order valence-electron chi connectivity index (χ4n) is 3.00. The maximum atomic E-state index is 12.8. The van der Waals surface area contributed by atoms with Crippen molar-refractivity contribution in [3.05, 3.63) is 60.3 Å². The Kier molecular flexibility index (Phi) is 8.19. The predicted molar refractivity (Wildman–Crippen MR) is 127 cm³/mol. The Balaban J connectivity index is 1.83. The van der Waals surface area contributed by atoms with E-state index in [0.717, 1.165) is 0 Å². The summed E-state index contributed by atoms with van der Waals surface area (Å²) in [6.45, 7) is 6.64. The first-order chi connectivity index (χ1) is 15.3. The number of methoxy groups -OCH3 is 1. The second kappa shape index (κ2) is 11.1. The van der Waals surface area contributed by atoms with Gasteiger partial charge in [0.1, 0.15) is 23.4 Å². The number of nitrogens with one attached hydrogen (secondary N) is 1. The van der Waals surface area contributed by atoms with Crippen molar-refractivity contribution < 1.29 is 19.0 Å². The molecule has 1 atom stereocenters. The summed E-state index contributed by atoms with van der Waals surface area (Å²) in [5.41, 5.74) is 0.403. The molecule has 7 nitrogen and oxygen atoms in total. The molecule has 1 heterocycles. The molecule has 1 unspecified atom stereocenters. The van der Waals surface area contributed by atoms with Crippen molar-refractivity contribution in [3.8, 4) is 17.2 Å². The van der Waals surface area contributed by atoms with E-state index in [1.54, 1.807) is 61.1 Å². The minimum Gasteiger partial charge on any atom is -0.488 e. The molecule has 0 aliphatic heterocycles. The molecule has 170 valence electrons. The molecule has 0 saturated heterocycles. The number of nitrogens with zero attached hydrogens (tertiary/aromatic N) is 2. The van der Waals surface area contributed by atoms with E-state index in [0.29, 0.717) is 40.5 Å². The Hall–Kier alpha value is -2.97. The molecule has 0 radical (unpaired) electrons. The zero-order chi connectivity index (χ0) is 23.1. The molecule has 0 spiro atoms. The molecule has 0 aliphatic carbocycles. The molecule has 8 heteroatoms. The molecular formula is C24H29N3O4S. The smallest absolute Gasteiger partial charge is 0.257 e. The highest BCUT2D eigenvalue weighted by atomic mass is 32.2. The van der Waals surface area contributed by atoms with Crippen molar-refractivity contribution in [2.24, 2.45) is 7.05 Å². The molecule has 3 rings (SSSR count). The highest BCUT2D eigenvalue weighted by Crippen LogP contribution is 2.31. The summed E-state index contributed by atoms with van der Waals surface area (Å²) in [6, 6.07) is 14.7. The van der Waals surface area contributed by atoms with E-state index in [9.17, 15) is 4.79 Å². The van der Waals surface area contributed by atoms with Gasteiger partial charge in [-0.25, -0.2) is 0 Å². The van der Waals surface area contributed by atoms with Gasteiger partial charge in [-0.1, -0.05) is 13.8 Å². The summed E-state index contributed by atoms with van der Waals surface area (Å²) in [7, 11) is 3.41. The van der Waals surface area contributed by atoms with Crippen molar-refractivity contribution in [2.75, 3.05) is 19.0 Å². The van der Waals surface area contributed by atoms with Crippen LogP contribution >= 0.6 is 11.8 Å². The molecule has 0 aliphatic rings. The zero-order valence-corrected chi connectivity index (χ0v) is 19.8. The van der Waals surface area contributed by atoms with Crippen LogP contribution in [0.25, 0.3) is 0 Å². The summed E-state index contributed by atoms with van der Waals surface area (Å²) < 4.78 is 18.8. The van der Waals surface area contributed by atoms with Crippen LogP contribution in [0.5, 0.6) is 17.2 Å². The van der Waals surface area contributed by atoms with Gasteiger partial charge in [-0.05, 0) is 43.3 Å². The van der Waals surface area contributed by atoms with E-state index in [-0.39, 0.29) is 12.0 Å². The Morgan fingerprint density at radius 2 is 1.78 bits per heavy atom. The Morgan fingerprint density at radius 1 is 1.06 bits per heavy atom. The monoisotopic (exact) mass is 455 g/mol. The average molecular weight is 456 g/mol. The van der Waals surface area contributed by atoms with Crippen molar-refractivity contribution in [2.45, 2.75) is 37.0 Å². The Labute approximate surface area is 193 Å². The molecule has 1 aromatic heterocycles. The topological polar surface area (TPSA) is 74.6 Å². The molecule has 0 saturated carbocycles. The lowest BCUT2D eigenvalue weighted by Crippen LogP contribution is -2.18. The van der Waals surface area contributed by atoms with Gasteiger partial charge in [0.15, 0.2) is 5.82 Å². The van der Waals surface area contributed by atoms with E-state index in [1.165, 1.54) is 4.90 Å². The maximum Gasteiger partial charge on any atom is 0.257 e. The number of amides is 1. The summed E-state index contributed by atoms with van der Waals surface area (Å²) in [5, 5.41) is 7.49. The van der Waals surface area contributed by atoms with Crippen LogP contribution in [0.1, 0.15) is 31.1 Å². The SMILES string of the molecule is COCC(C)Oc1cc(Oc2ccc(SC(C)C)cc2)cc(C(=O)Nc2ccn(C)n2)c1. The second-order valence-corrected chi connectivity index (χ2v) is 9.30. The van der Waals surface area contributed by atoms with Crippen LogP contribution in [0.15, 0.2) is 59.6 Å². The first kappa shape index (κ1) is 23.7. The summed E-state index contributed by atoms with van der Waals surface area (Å²) in [5.74, 6) is 1.86. The minimum absolute atomic E-state index is 0.186. The van der Waals surface area contributed by atoms with E-state index in [4.69, 9.17) is 14.2 Å². The molecule has 2 aromatic carbocycles. The van der Waals surface area contributed by atoms with Crippen LogP contribution in [0.3, 0.4) is 0 Å². The van der Waals surface area contributed by atoms with Gasteiger partial charge in [-0.2, -0.15) is 5.10 Å². The number of ether oxygens (including phenoxy) is 3. The lowest BCUT2D eigenvalue weighted by molar-refractivity contribution is 0.0915. The van der Waals surface area contributed by atoms with Crippen LogP contribution in [0.2, 0.25) is 0 Å². The van der Waals surface area contributed by atoms with Crippen LogP contribution < -0.4 is 14.8 Å². The third-order valence-electron chi connectivity index (χ3n) is 4.27. The third-order valence-corrected chi connectivity index (χ3v) is 5.28. The van der Waals surface area contributed by atoms with Crippen molar-refractivity contribution in [1.82, 2.24) is 9.78 Å². The normalized spacial score (nSPS) is 11.9. The quantitative estimate of drug-likeness (QED) is 0.414. The van der Waals surface area contributed by atoms with Gasteiger partial charge in [0.2, 0.25) is 0 Å². The van der Waals surface area contributed by atoms with Gasteiger partial charge in [0, 0.05) is 48.2 Å².